The first-order chi connectivity index (χ1) is 16.5. The number of carbonyl (C=O) groups excluding carboxylic acids is 1. The van der Waals surface area contributed by atoms with Gasteiger partial charge in [0.15, 0.2) is 11.5 Å². The van der Waals surface area contributed by atoms with Gasteiger partial charge in [0.2, 0.25) is 0 Å². The maximum Gasteiger partial charge on any atom is 0.272 e. The SMILES string of the molecule is COc1ccc(CCNC(=O)c2ccc3c(c2)nc(C)c(=O)n3Cc2ccccc2)cc1OC. The number of methoxy groups -OCH3 is 2. The fourth-order valence-electron chi connectivity index (χ4n) is 3.90. The number of ether oxygens (including phenoxy) is 2. The summed E-state index contributed by atoms with van der Waals surface area (Å²) < 4.78 is 12.3. The molecule has 0 bridgehead atoms. The molecule has 0 aliphatic carbocycles. The van der Waals surface area contributed by atoms with Gasteiger partial charge in [0.25, 0.3) is 11.5 Å². The molecular formula is C27H27N3O4. The molecule has 7 heteroatoms. The smallest absolute Gasteiger partial charge is 0.272 e. The van der Waals surface area contributed by atoms with Crippen LogP contribution in [0, 0.1) is 6.92 Å². The van der Waals surface area contributed by atoms with E-state index in [1.807, 2.05) is 48.5 Å². The largest absolute Gasteiger partial charge is 0.493 e. The van der Waals surface area contributed by atoms with Crippen molar-refractivity contribution >= 4 is 16.9 Å². The number of nitrogens with one attached hydrogen (secondary N) is 1. The summed E-state index contributed by atoms with van der Waals surface area (Å²) in [7, 11) is 3.19. The standard InChI is InChI=1S/C27H27N3O4/c1-18-27(32)30(17-20-7-5-4-6-8-20)23-11-10-21(16-22(23)29-18)26(31)28-14-13-19-9-12-24(33-2)25(15-19)34-3/h4-12,15-16H,13-14,17H2,1-3H3,(H,28,31). The second kappa shape index (κ2) is 10.2. The van der Waals surface area contributed by atoms with E-state index < -0.39 is 0 Å². The van der Waals surface area contributed by atoms with Gasteiger partial charge in [-0.25, -0.2) is 4.98 Å². The Morgan fingerprint density at radius 1 is 0.941 bits per heavy atom. The van der Waals surface area contributed by atoms with E-state index in [1.54, 1.807) is 43.9 Å². The molecule has 7 nitrogen and oxygen atoms in total. The lowest BCUT2D eigenvalue weighted by Gasteiger charge is -2.13. The first-order valence-electron chi connectivity index (χ1n) is 11.0. The summed E-state index contributed by atoms with van der Waals surface area (Å²) >= 11 is 0. The quantitative estimate of drug-likeness (QED) is 0.436. The third kappa shape index (κ3) is 4.93. The van der Waals surface area contributed by atoms with Gasteiger partial charge >= 0.3 is 0 Å². The Kier molecular flexibility index (Phi) is 6.92. The zero-order chi connectivity index (χ0) is 24.1. The highest BCUT2D eigenvalue weighted by molar-refractivity contribution is 5.97. The number of aromatic nitrogens is 2. The molecule has 0 spiro atoms. The van der Waals surface area contributed by atoms with Crippen LogP contribution < -0.4 is 20.3 Å². The number of amides is 1. The third-order valence-electron chi connectivity index (χ3n) is 5.70. The molecule has 0 aliphatic rings. The molecule has 34 heavy (non-hydrogen) atoms. The Balaban J connectivity index is 1.50. The summed E-state index contributed by atoms with van der Waals surface area (Å²) in [6, 6.07) is 20.7. The molecule has 1 heterocycles. The highest BCUT2D eigenvalue weighted by Gasteiger charge is 2.13. The molecule has 1 N–H and O–H groups in total. The summed E-state index contributed by atoms with van der Waals surface area (Å²) in [5, 5.41) is 2.95. The fraction of sp³-hybridized carbons (Fsp3) is 0.222. The Hall–Kier alpha value is -4.13. The molecule has 0 atom stereocenters. The van der Waals surface area contributed by atoms with E-state index in [-0.39, 0.29) is 11.5 Å². The van der Waals surface area contributed by atoms with Gasteiger partial charge in [0.1, 0.15) is 5.69 Å². The zero-order valence-corrected chi connectivity index (χ0v) is 19.5. The first kappa shape index (κ1) is 23.0. The number of hydrogen-bond donors (Lipinski definition) is 1. The fourth-order valence-corrected chi connectivity index (χ4v) is 3.90. The van der Waals surface area contributed by atoms with Crippen molar-refractivity contribution < 1.29 is 14.3 Å². The van der Waals surface area contributed by atoms with Crippen molar-refractivity contribution in [2.24, 2.45) is 0 Å². The predicted octanol–water partition coefficient (Wildman–Crippen LogP) is 3.74. The maximum absolute atomic E-state index is 12.8. The number of benzene rings is 3. The lowest BCUT2D eigenvalue weighted by atomic mass is 10.1. The number of aryl methyl sites for hydroxylation is 1. The predicted molar refractivity (Wildman–Crippen MR) is 132 cm³/mol. The van der Waals surface area contributed by atoms with Crippen LogP contribution in [0.15, 0.2) is 71.5 Å². The number of rotatable bonds is 8. The molecule has 174 valence electrons. The molecule has 0 saturated carbocycles. The monoisotopic (exact) mass is 457 g/mol. The van der Waals surface area contributed by atoms with Crippen molar-refractivity contribution in [3.8, 4) is 11.5 Å². The minimum atomic E-state index is -0.192. The lowest BCUT2D eigenvalue weighted by Crippen LogP contribution is -2.27. The van der Waals surface area contributed by atoms with Gasteiger partial charge in [-0.1, -0.05) is 36.4 Å². The minimum absolute atomic E-state index is 0.136. The van der Waals surface area contributed by atoms with Gasteiger partial charge in [-0.2, -0.15) is 0 Å². The van der Waals surface area contributed by atoms with E-state index in [0.717, 1.165) is 11.1 Å². The molecule has 4 rings (SSSR count). The van der Waals surface area contributed by atoms with Gasteiger partial charge in [-0.15, -0.1) is 0 Å². The Labute approximate surface area is 198 Å². The van der Waals surface area contributed by atoms with Crippen molar-refractivity contribution in [2.75, 3.05) is 20.8 Å². The first-order valence-corrected chi connectivity index (χ1v) is 11.0. The van der Waals surface area contributed by atoms with Gasteiger partial charge in [0.05, 0.1) is 31.8 Å². The highest BCUT2D eigenvalue weighted by Crippen LogP contribution is 2.27. The maximum atomic E-state index is 12.8. The topological polar surface area (TPSA) is 82.5 Å². The second-order valence-electron chi connectivity index (χ2n) is 7.97. The minimum Gasteiger partial charge on any atom is -0.493 e. The zero-order valence-electron chi connectivity index (χ0n) is 19.5. The van der Waals surface area contributed by atoms with Gasteiger partial charge in [0, 0.05) is 12.1 Å². The van der Waals surface area contributed by atoms with Crippen LogP contribution in [0.5, 0.6) is 11.5 Å². The van der Waals surface area contributed by atoms with Crippen LogP contribution in [0.3, 0.4) is 0 Å². The summed E-state index contributed by atoms with van der Waals surface area (Å²) in [4.78, 5) is 30.0. The molecule has 0 radical (unpaired) electrons. The van der Waals surface area contributed by atoms with Crippen molar-refractivity contribution in [2.45, 2.75) is 19.9 Å². The van der Waals surface area contributed by atoms with Crippen molar-refractivity contribution in [1.82, 2.24) is 14.9 Å². The molecule has 1 amide bonds. The summed E-state index contributed by atoms with van der Waals surface area (Å²) in [6.07, 6.45) is 0.646. The molecule has 0 aliphatic heterocycles. The van der Waals surface area contributed by atoms with Gasteiger partial charge in [-0.3, -0.25) is 9.59 Å². The van der Waals surface area contributed by atoms with Crippen molar-refractivity contribution in [3.63, 3.8) is 0 Å². The molecule has 4 aromatic rings. The van der Waals surface area contributed by atoms with E-state index in [0.29, 0.717) is 53.3 Å². The number of nitrogens with zero attached hydrogens (tertiary/aromatic N) is 2. The van der Waals surface area contributed by atoms with Crippen LogP contribution in [0.1, 0.15) is 27.2 Å². The van der Waals surface area contributed by atoms with Crippen LogP contribution >= 0.6 is 0 Å². The lowest BCUT2D eigenvalue weighted by molar-refractivity contribution is 0.0954. The van der Waals surface area contributed by atoms with E-state index in [1.165, 1.54) is 0 Å². The van der Waals surface area contributed by atoms with Crippen LogP contribution in [-0.2, 0) is 13.0 Å². The summed E-state index contributed by atoms with van der Waals surface area (Å²) in [5.41, 5.74) is 4.11. The van der Waals surface area contributed by atoms with Crippen LogP contribution in [-0.4, -0.2) is 36.2 Å². The third-order valence-corrected chi connectivity index (χ3v) is 5.70. The van der Waals surface area contributed by atoms with Crippen LogP contribution in [0.2, 0.25) is 0 Å². The van der Waals surface area contributed by atoms with Gasteiger partial charge < -0.3 is 19.4 Å². The van der Waals surface area contributed by atoms with Crippen LogP contribution in [0.4, 0.5) is 0 Å². The molecule has 0 unspecified atom stereocenters. The van der Waals surface area contributed by atoms with E-state index in [9.17, 15) is 9.59 Å². The van der Waals surface area contributed by atoms with E-state index in [4.69, 9.17) is 9.47 Å². The Morgan fingerprint density at radius 2 is 1.71 bits per heavy atom. The molecule has 0 saturated heterocycles. The molecular weight excluding hydrogens is 430 g/mol. The van der Waals surface area contributed by atoms with Crippen LogP contribution in [0.25, 0.3) is 11.0 Å². The number of hydrogen-bond acceptors (Lipinski definition) is 5. The molecule has 3 aromatic carbocycles. The molecule has 1 aromatic heterocycles. The second-order valence-corrected chi connectivity index (χ2v) is 7.97. The Bertz CT molecular complexity index is 1380. The molecule has 0 fully saturated rings. The summed E-state index contributed by atoms with van der Waals surface area (Å²) in [6.45, 7) is 2.60. The van der Waals surface area contributed by atoms with E-state index >= 15 is 0 Å². The highest BCUT2D eigenvalue weighted by atomic mass is 16.5. The van der Waals surface area contributed by atoms with E-state index in [2.05, 4.69) is 10.3 Å². The Morgan fingerprint density at radius 3 is 2.44 bits per heavy atom. The normalized spacial score (nSPS) is 10.8. The average molecular weight is 458 g/mol. The average Bonchev–Trinajstić information content (AvgIpc) is 2.86. The van der Waals surface area contributed by atoms with Crippen molar-refractivity contribution in [1.29, 1.82) is 0 Å². The van der Waals surface area contributed by atoms with Gasteiger partial charge in [-0.05, 0) is 54.8 Å². The van der Waals surface area contributed by atoms with Crippen molar-refractivity contribution in [3.05, 3.63) is 99.5 Å². The number of carbonyl (C=O) groups is 1. The summed E-state index contributed by atoms with van der Waals surface area (Å²) in [5.74, 6) is 1.13. The number of fused-ring (bicyclic) bond motifs is 1.